The Hall–Kier alpha value is -2.14. The summed E-state index contributed by atoms with van der Waals surface area (Å²) in [6.07, 6.45) is 7.11. The van der Waals surface area contributed by atoms with E-state index in [1.54, 1.807) is 0 Å². The summed E-state index contributed by atoms with van der Waals surface area (Å²) < 4.78 is 5.43. The van der Waals surface area contributed by atoms with Crippen LogP contribution in [-0.4, -0.2) is 63.4 Å². The lowest BCUT2D eigenvalue weighted by molar-refractivity contribution is 0.0373. The summed E-state index contributed by atoms with van der Waals surface area (Å²) in [5, 5.41) is 3.81. The molecule has 2 aromatic carbocycles. The van der Waals surface area contributed by atoms with Gasteiger partial charge in [-0.15, -0.1) is 0 Å². The van der Waals surface area contributed by atoms with Crippen molar-refractivity contribution in [2.75, 3.05) is 57.4 Å². The molecule has 4 nitrogen and oxygen atoms in total. The predicted octanol–water partition coefficient (Wildman–Crippen LogP) is 4.06. The van der Waals surface area contributed by atoms with Crippen LogP contribution < -0.4 is 10.2 Å². The van der Waals surface area contributed by atoms with E-state index in [0.717, 1.165) is 52.4 Å². The van der Waals surface area contributed by atoms with Crippen LogP contribution in [-0.2, 0) is 11.2 Å². The molecule has 164 valence electrons. The standard InChI is InChI=1S/C27H35N3O/c1-2-6-23-20-25(19-22(23)5-1)24-7-3-8-27(21-24)30-13-9-26(10-14-30)28-11-4-12-29-15-17-31-18-16-29/h1-3,5-8,19,21,26,28H,4,9-18,20H2. The number of allylic oxidation sites excluding steroid dienone is 1. The third-order valence-electron chi connectivity index (χ3n) is 7.03. The molecule has 4 heteroatoms. The van der Waals surface area contributed by atoms with Gasteiger partial charge in [-0.1, -0.05) is 42.5 Å². The van der Waals surface area contributed by atoms with E-state index < -0.39 is 0 Å². The summed E-state index contributed by atoms with van der Waals surface area (Å²) in [6, 6.07) is 18.6. The van der Waals surface area contributed by atoms with Gasteiger partial charge in [-0.05, 0) is 73.2 Å². The SMILES string of the molecule is C1=C(c2cccc(N3CCC(NCCCN4CCOCC4)CC3)c2)Cc2ccccc21. The van der Waals surface area contributed by atoms with Gasteiger partial charge >= 0.3 is 0 Å². The van der Waals surface area contributed by atoms with Gasteiger partial charge < -0.3 is 15.0 Å². The summed E-state index contributed by atoms with van der Waals surface area (Å²) in [7, 11) is 0. The first kappa shape index (κ1) is 20.7. The van der Waals surface area contributed by atoms with Crippen molar-refractivity contribution in [3.05, 3.63) is 65.2 Å². The quantitative estimate of drug-likeness (QED) is 0.688. The summed E-state index contributed by atoms with van der Waals surface area (Å²) >= 11 is 0. The number of piperidine rings is 1. The van der Waals surface area contributed by atoms with Crippen molar-refractivity contribution in [1.29, 1.82) is 0 Å². The molecule has 1 N–H and O–H groups in total. The minimum atomic E-state index is 0.663. The van der Waals surface area contributed by atoms with Crippen molar-refractivity contribution in [2.24, 2.45) is 0 Å². The van der Waals surface area contributed by atoms with Gasteiger partial charge in [0, 0.05) is 37.9 Å². The smallest absolute Gasteiger partial charge is 0.0594 e. The second-order valence-corrected chi connectivity index (χ2v) is 9.12. The predicted molar refractivity (Wildman–Crippen MR) is 130 cm³/mol. The molecular weight excluding hydrogens is 382 g/mol. The van der Waals surface area contributed by atoms with Crippen LogP contribution in [0.15, 0.2) is 48.5 Å². The molecule has 2 aromatic rings. The van der Waals surface area contributed by atoms with E-state index in [1.807, 2.05) is 0 Å². The maximum absolute atomic E-state index is 5.43. The van der Waals surface area contributed by atoms with Crippen molar-refractivity contribution in [3.8, 4) is 0 Å². The van der Waals surface area contributed by atoms with Gasteiger partial charge in [0.2, 0.25) is 0 Å². The van der Waals surface area contributed by atoms with E-state index in [1.165, 1.54) is 53.8 Å². The average Bonchev–Trinajstić information content (AvgIpc) is 3.28. The largest absolute Gasteiger partial charge is 0.379 e. The molecule has 0 saturated carbocycles. The van der Waals surface area contributed by atoms with E-state index in [0.29, 0.717) is 6.04 Å². The topological polar surface area (TPSA) is 27.7 Å². The normalized spacial score (nSPS) is 20.0. The molecule has 0 unspecified atom stereocenters. The van der Waals surface area contributed by atoms with Crippen LogP contribution in [0.5, 0.6) is 0 Å². The Bertz CT molecular complexity index is 895. The first-order valence-electron chi connectivity index (χ1n) is 12.0. The summed E-state index contributed by atoms with van der Waals surface area (Å²) in [4.78, 5) is 5.09. The van der Waals surface area contributed by atoms with Gasteiger partial charge in [0.05, 0.1) is 13.2 Å². The number of morpholine rings is 1. The second-order valence-electron chi connectivity index (χ2n) is 9.12. The molecule has 0 spiro atoms. The Morgan fingerprint density at radius 1 is 0.935 bits per heavy atom. The molecule has 0 aromatic heterocycles. The van der Waals surface area contributed by atoms with E-state index in [9.17, 15) is 0 Å². The number of ether oxygens (including phenoxy) is 1. The minimum Gasteiger partial charge on any atom is -0.379 e. The lowest BCUT2D eigenvalue weighted by Crippen LogP contribution is -2.43. The number of benzene rings is 2. The number of fused-ring (bicyclic) bond motifs is 1. The monoisotopic (exact) mass is 417 g/mol. The van der Waals surface area contributed by atoms with Gasteiger partial charge in [0.25, 0.3) is 0 Å². The summed E-state index contributed by atoms with van der Waals surface area (Å²) in [5.41, 5.74) is 7.02. The van der Waals surface area contributed by atoms with Crippen LogP contribution in [0.3, 0.4) is 0 Å². The van der Waals surface area contributed by atoms with Crippen molar-refractivity contribution in [3.63, 3.8) is 0 Å². The molecule has 2 fully saturated rings. The maximum Gasteiger partial charge on any atom is 0.0594 e. The molecule has 2 aliphatic heterocycles. The molecule has 2 saturated heterocycles. The first-order chi connectivity index (χ1) is 15.3. The molecule has 0 bridgehead atoms. The molecule has 0 atom stereocenters. The maximum atomic E-state index is 5.43. The molecule has 0 amide bonds. The number of nitrogens with zero attached hydrogens (tertiary/aromatic N) is 2. The summed E-state index contributed by atoms with van der Waals surface area (Å²) in [6.45, 7) is 8.61. The second kappa shape index (κ2) is 9.99. The van der Waals surface area contributed by atoms with Crippen LogP contribution >= 0.6 is 0 Å². The molecule has 5 rings (SSSR count). The van der Waals surface area contributed by atoms with Crippen LogP contribution in [0.1, 0.15) is 36.0 Å². The fourth-order valence-electron chi connectivity index (χ4n) is 5.14. The van der Waals surface area contributed by atoms with Gasteiger partial charge in [-0.25, -0.2) is 0 Å². The molecule has 0 radical (unpaired) electrons. The average molecular weight is 418 g/mol. The van der Waals surface area contributed by atoms with Crippen LogP contribution in [0.2, 0.25) is 0 Å². The lowest BCUT2D eigenvalue weighted by atomic mass is 10.0. The van der Waals surface area contributed by atoms with E-state index in [2.05, 4.69) is 69.7 Å². The molecular formula is C27H35N3O. The molecule has 31 heavy (non-hydrogen) atoms. The highest BCUT2D eigenvalue weighted by Gasteiger charge is 2.20. The third-order valence-corrected chi connectivity index (χ3v) is 7.03. The van der Waals surface area contributed by atoms with E-state index >= 15 is 0 Å². The Morgan fingerprint density at radius 2 is 1.77 bits per heavy atom. The third kappa shape index (κ3) is 5.20. The highest BCUT2D eigenvalue weighted by Crippen LogP contribution is 2.33. The fourth-order valence-corrected chi connectivity index (χ4v) is 5.14. The minimum absolute atomic E-state index is 0.663. The molecule has 2 heterocycles. The zero-order valence-corrected chi connectivity index (χ0v) is 18.6. The first-order valence-corrected chi connectivity index (χ1v) is 12.0. The van der Waals surface area contributed by atoms with Crippen LogP contribution in [0.4, 0.5) is 5.69 Å². The van der Waals surface area contributed by atoms with Crippen LogP contribution in [0.25, 0.3) is 11.6 Å². The van der Waals surface area contributed by atoms with Gasteiger partial charge in [0.15, 0.2) is 0 Å². The fraction of sp³-hybridized carbons (Fsp3) is 0.481. The Morgan fingerprint density at radius 3 is 2.61 bits per heavy atom. The number of nitrogens with one attached hydrogen (secondary N) is 1. The highest BCUT2D eigenvalue weighted by molar-refractivity contribution is 5.89. The van der Waals surface area contributed by atoms with Crippen molar-refractivity contribution in [2.45, 2.75) is 31.7 Å². The summed E-state index contributed by atoms with van der Waals surface area (Å²) in [5.74, 6) is 0. The van der Waals surface area contributed by atoms with Gasteiger partial charge in [-0.3, -0.25) is 4.90 Å². The zero-order chi connectivity index (χ0) is 20.9. The zero-order valence-electron chi connectivity index (χ0n) is 18.6. The number of anilines is 1. The number of rotatable bonds is 7. The van der Waals surface area contributed by atoms with Crippen molar-refractivity contribution < 1.29 is 4.74 Å². The molecule has 1 aliphatic carbocycles. The number of hydrogen-bond donors (Lipinski definition) is 1. The van der Waals surface area contributed by atoms with Crippen LogP contribution in [0, 0.1) is 0 Å². The van der Waals surface area contributed by atoms with Gasteiger partial charge in [0.1, 0.15) is 0 Å². The van der Waals surface area contributed by atoms with Gasteiger partial charge in [-0.2, -0.15) is 0 Å². The Balaban J connectivity index is 1.09. The van der Waals surface area contributed by atoms with Crippen molar-refractivity contribution in [1.82, 2.24) is 10.2 Å². The lowest BCUT2D eigenvalue weighted by Gasteiger charge is -2.34. The Kier molecular flexibility index (Phi) is 6.68. The highest BCUT2D eigenvalue weighted by atomic mass is 16.5. The number of hydrogen-bond acceptors (Lipinski definition) is 4. The Labute approximate surface area is 186 Å². The molecule has 3 aliphatic rings. The van der Waals surface area contributed by atoms with Crippen molar-refractivity contribution >= 4 is 17.3 Å². The van der Waals surface area contributed by atoms with E-state index in [4.69, 9.17) is 4.74 Å². The van der Waals surface area contributed by atoms with E-state index in [-0.39, 0.29) is 0 Å².